The Morgan fingerprint density at radius 3 is 2.39 bits per heavy atom. The van der Waals surface area contributed by atoms with E-state index in [2.05, 4.69) is 15.4 Å². The van der Waals surface area contributed by atoms with Gasteiger partial charge < -0.3 is 5.32 Å². The lowest BCUT2D eigenvalue weighted by molar-refractivity contribution is -0.145. The summed E-state index contributed by atoms with van der Waals surface area (Å²) in [7, 11) is 0. The number of fused-ring (bicyclic) bond motifs is 1. The number of carbonyl (C=O) groups excluding carboxylic acids is 1. The van der Waals surface area contributed by atoms with Crippen LogP contribution in [0.1, 0.15) is 44.1 Å². The van der Waals surface area contributed by atoms with Crippen LogP contribution in [0.2, 0.25) is 0 Å². The average Bonchev–Trinajstić information content (AvgIpc) is 2.94. The highest BCUT2D eigenvalue weighted by molar-refractivity contribution is 6.00. The number of alkyl halides is 3. The number of rotatable bonds is 1. The van der Waals surface area contributed by atoms with Crippen LogP contribution in [0, 0.1) is 17.0 Å². The molecule has 0 bridgehead atoms. The van der Waals surface area contributed by atoms with Crippen molar-refractivity contribution in [1.82, 2.24) is 14.8 Å². The lowest BCUT2D eigenvalue weighted by Gasteiger charge is -2.38. The number of hydrogen-bond acceptors (Lipinski definition) is 4. The molecule has 1 aliphatic carbocycles. The van der Waals surface area contributed by atoms with Gasteiger partial charge in [-0.15, -0.1) is 5.10 Å². The monoisotopic (exact) mass is 398 g/mol. The topological polar surface area (TPSA) is 59.8 Å². The number of nitrogens with one attached hydrogen (secondary N) is 1. The Bertz CT molecular complexity index is 1000. The van der Waals surface area contributed by atoms with Gasteiger partial charge in [-0.1, -0.05) is 13.8 Å². The molecular weight excluding hydrogens is 383 g/mol. The van der Waals surface area contributed by atoms with Gasteiger partial charge in [-0.05, 0) is 29.5 Å². The molecule has 0 saturated carbocycles. The minimum Gasteiger partial charge on any atom is -0.328 e. The molecule has 0 saturated heterocycles. The first kappa shape index (κ1) is 18.6. The molecule has 148 valence electrons. The Kier molecular flexibility index (Phi) is 3.89. The zero-order chi connectivity index (χ0) is 20.4. The molecule has 2 aromatic rings. The summed E-state index contributed by atoms with van der Waals surface area (Å²) in [5.74, 6) is -3.76. The van der Waals surface area contributed by atoms with Gasteiger partial charge in [-0.25, -0.2) is 13.5 Å². The van der Waals surface area contributed by atoms with Crippen molar-refractivity contribution in [2.75, 3.05) is 5.32 Å². The van der Waals surface area contributed by atoms with Gasteiger partial charge in [0.1, 0.15) is 17.7 Å². The molecule has 1 unspecified atom stereocenters. The number of aromatic nitrogens is 3. The molecule has 0 amide bonds. The van der Waals surface area contributed by atoms with Crippen LogP contribution in [0.15, 0.2) is 29.5 Å². The summed E-state index contributed by atoms with van der Waals surface area (Å²) in [5, 5.41) is 6.25. The molecule has 1 aromatic carbocycles. The fourth-order valence-electron chi connectivity index (χ4n) is 3.77. The third-order valence-corrected chi connectivity index (χ3v) is 4.79. The number of benzene rings is 1. The van der Waals surface area contributed by atoms with E-state index in [1.54, 1.807) is 0 Å². The largest absolute Gasteiger partial charge is 0.453 e. The number of carbonyl (C=O) groups is 1. The molecule has 4 rings (SSSR count). The van der Waals surface area contributed by atoms with Gasteiger partial charge in [0.2, 0.25) is 5.95 Å². The maximum absolute atomic E-state index is 13.8. The van der Waals surface area contributed by atoms with Crippen LogP contribution in [0.3, 0.4) is 0 Å². The van der Waals surface area contributed by atoms with Crippen molar-refractivity contribution < 1.29 is 26.7 Å². The summed E-state index contributed by atoms with van der Waals surface area (Å²) < 4.78 is 67.9. The maximum Gasteiger partial charge on any atom is 0.453 e. The van der Waals surface area contributed by atoms with E-state index in [0.717, 1.165) is 16.8 Å². The quantitative estimate of drug-likeness (QED) is 0.731. The molecule has 10 heteroatoms. The first-order valence-corrected chi connectivity index (χ1v) is 8.48. The van der Waals surface area contributed by atoms with Crippen molar-refractivity contribution in [2.24, 2.45) is 5.41 Å². The smallest absolute Gasteiger partial charge is 0.328 e. The molecule has 5 nitrogen and oxygen atoms in total. The number of ketones is 1. The molecule has 1 aliphatic heterocycles. The van der Waals surface area contributed by atoms with Crippen molar-refractivity contribution in [3.8, 4) is 0 Å². The van der Waals surface area contributed by atoms with Gasteiger partial charge in [-0.3, -0.25) is 4.79 Å². The Balaban J connectivity index is 1.95. The highest BCUT2D eigenvalue weighted by Crippen LogP contribution is 2.46. The average molecular weight is 398 g/mol. The highest BCUT2D eigenvalue weighted by Gasteiger charge is 2.44. The van der Waals surface area contributed by atoms with Gasteiger partial charge in [0.25, 0.3) is 5.82 Å². The van der Waals surface area contributed by atoms with Crippen LogP contribution >= 0.6 is 0 Å². The summed E-state index contributed by atoms with van der Waals surface area (Å²) >= 11 is 0. The molecule has 0 radical (unpaired) electrons. The van der Waals surface area contributed by atoms with Crippen LogP contribution in [0.4, 0.5) is 27.9 Å². The molecule has 2 heterocycles. The van der Waals surface area contributed by atoms with E-state index in [9.17, 15) is 26.7 Å². The summed E-state index contributed by atoms with van der Waals surface area (Å²) in [5.41, 5.74) is 0.106. The second-order valence-electron chi connectivity index (χ2n) is 7.76. The number of nitrogens with zero attached hydrogens (tertiary/aromatic N) is 3. The van der Waals surface area contributed by atoms with Crippen molar-refractivity contribution in [2.45, 2.75) is 38.9 Å². The third-order valence-electron chi connectivity index (χ3n) is 4.79. The first-order chi connectivity index (χ1) is 12.9. The van der Waals surface area contributed by atoms with E-state index in [-0.39, 0.29) is 29.3 Å². The highest BCUT2D eigenvalue weighted by atomic mass is 19.4. The van der Waals surface area contributed by atoms with Crippen LogP contribution in [-0.2, 0) is 11.0 Å². The van der Waals surface area contributed by atoms with Crippen molar-refractivity contribution in [1.29, 1.82) is 0 Å². The molecule has 1 N–H and O–H groups in total. The van der Waals surface area contributed by atoms with Gasteiger partial charge >= 0.3 is 6.18 Å². The van der Waals surface area contributed by atoms with E-state index in [0.29, 0.717) is 18.2 Å². The van der Waals surface area contributed by atoms with Crippen molar-refractivity contribution in [3.63, 3.8) is 0 Å². The maximum atomic E-state index is 13.8. The third kappa shape index (κ3) is 3.06. The number of hydrogen-bond donors (Lipinski definition) is 1. The second kappa shape index (κ2) is 5.86. The summed E-state index contributed by atoms with van der Waals surface area (Å²) in [4.78, 5) is 16.3. The fourth-order valence-corrected chi connectivity index (χ4v) is 3.77. The summed E-state index contributed by atoms with van der Waals surface area (Å²) in [6.45, 7) is 3.71. The SMILES string of the molecule is CC1(C)CC(=O)C2=C(C1)Nc1nc(C(F)(F)F)nn1C2c1cc(F)cc(F)c1. The van der Waals surface area contributed by atoms with E-state index in [1.807, 2.05) is 13.8 Å². The standard InChI is InChI=1S/C18H15F5N4O/c1-17(2)6-11-13(12(28)7-17)14(8-3-9(19)5-10(20)4-8)27-16(24-11)25-15(26-27)18(21,22)23/h3-5,14H,6-7H2,1-2H3,(H,24,25,26). The van der Waals surface area contributed by atoms with Gasteiger partial charge in [-0.2, -0.15) is 18.2 Å². The number of Topliss-reactive ketones (excluding diaryl/α,β-unsaturated/α-hetero) is 1. The zero-order valence-electron chi connectivity index (χ0n) is 14.9. The van der Waals surface area contributed by atoms with Gasteiger partial charge in [0.05, 0.1) is 0 Å². The van der Waals surface area contributed by atoms with E-state index in [4.69, 9.17) is 0 Å². The lowest BCUT2D eigenvalue weighted by Crippen LogP contribution is -2.36. The Hall–Kier alpha value is -2.78. The van der Waals surface area contributed by atoms with Crippen LogP contribution in [0.5, 0.6) is 0 Å². The molecule has 28 heavy (non-hydrogen) atoms. The minimum absolute atomic E-state index is 0.0144. The normalized spacial score (nSPS) is 21.2. The van der Waals surface area contributed by atoms with Gasteiger partial charge in [0, 0.05) is 23.8 Å². The Morgan fingerprint density at radius 2 is 1.79 bits per heavy atom. The summed E-state index contributed by atoms with van der Waals surface area (Å²) in [6.07, 6.45) is -4.29. The molecule has 0 spiro atoms. The number of halogens is 5. The number of allylic oxidation sites excluding steroid dienone is 2. The lowest BCUT2D eigenvalue weighted by atomic mass is 9.73. The minimum atomic E-state index is -4.81. The summed E-state index contributed by atoms with van der Waals surface area (Å²) in [6, 6.07) is 1.41. The Morgan fingerprint density at radius 1 is 1.14 bits per heavy atom. The van der Waals surface area contributed by atoms with E-state index < -0.39 is 35.1 Å². The van der Waals surface area contributed by atoms with Crippen LogP contribution < -0.4 is 5.32 Å². The zero-order valence-corrected chi connectivity index (χ0v) is 14.9. The molecule has 1 aromatic heterocycles. The molecule has 0 fully saturated rings. The second-order valence-corrected chi connectivity index (χ2v) is 7.76. The molecule has 1 atom stereocenters. The first-order valence-electron chi connectivity index (χ1n) is 8.48. The molecule has 2 aliphatic rings. The van der Waals surface area contributed by atoms with E-state index in [1.165, 1.54) is 0 Å². The predicted molar refractivity (Wildman–Crippen MR) is 88.2 cm³/mol. The molecular formula is C18H15F5N4O. The predicted octanol–water partition coefficient (Wildman–Crippen LogP) is 4.23. The van der Waals surface area contributed by atoms with Crippen molar-refractivity contribution in [3.05, 3.63) is 52.5 Å². The van der Waals surface area contributed by atoms with E-state index >= 15 is 0 Å². The van der Waals surface area contributed by atoms with Gasteiger partial charge in [0.15, 0.2) is 5.78 Å². The Labute approximate surface area is 156 Å². The fraction of sp³-hybridized carbons (Fsp3) is 0.389. The van der Waals surface area contributed by atoms with Crippen LogP contribution in [-0.4, -0.2) is 20.5 Å². The number of anilines is 1. The van der Waals surface area contributed by atoms with Crippen LogP contribution in [0.25, 0.3) is 0 Å². The van der Waals surface area contributed by atoms with Crippen molar-refractivity contribution >= 4 is 11.7 Å².